The Kier molecular flexibility index (Phi) is 4.47. The van der Waals surface area contributed by atoms with Crippen LogP contribution in [-0.4, -0.2) is 24.7 Å². The third-order valence-corrected chi connectivity index (χ3v) is 7.01. The van der Waals surface area contributed by atoms with Gasteiger partial charge in [-0.3, -0.25) is 0 Å². The van der Waals surface area contributed by atoms with Crippen LogP contribution in [0.25, 0.3) is 20.9 Å². The summed E-state index contributed by atoms with van der Waals surface area (Å²) in [5.74, 6) is -0.480. The highest BCUT2D eigenvalue weighted by Gasteiger charge is 2.37. The van der Waals surface area contributed by atoms with Crippen LogP contribution in [0.5, 0.6) is 0 Å². The Balaban J connectivity index is 1.87. The second kappa shape index (κ2) is 6.57. The molecule has 0 atom stereocenters. The van der Waals surface area contributed by atoms with Crippen LogP contribution in [0, 0.1) is 13.8 Å². The zero-order valence-corrected chi connectivity index (χ0v) is 16.8. The van der Waals surface area contributed by atoms with Crippen molar-refractivity contribution < 1.29 is 13.2 Å². The van der Waals surface area contributed by atoms with E-state index in [0.29, 0.717) is 10.9 Å². The molecule has 0 bridgehead atoms. The van der Waals surface area contributed by atoms with Crippen LogP contribution in [-0.2, 0) is 13.2 Å². The Bertz CT molecular complexity index is 1130. The van der Waals surface area contributed by atoms with E-state index in [4.69, 9.17) is 0 Å². The molecule has 0 saturated heterocycles. The van der Waals surface area contributed by atoms with Crippen LogP contribution in [0.2, 0.25) is 0 Å². The number of alkyl halides is 3. The number of thiophene rings is 2. The van der Waals surface area contributed by atoms with Crippen molar-refractivity contribution in [1.29, 1.82) is 0 Å². The molecule has 0 N–H and O–H groups in total. The van der Waals surface area contributed by atoms with Crippen LogP contribution >= 0.6 is 34.4 Å². The van der Waals surface area contributed by atoms with Gasteiger partial charge in [0.15, 0.2) is 11.0 Å². The monoisotopic (exact) mass is 427 g/mol. The van der Waals surface area contributed by atoms with Crippen LogP contribution in [0.3, 0.4) is 0 Å². The van der Waals surface area contributed by atoms with E-state index < -0.39 is 12.0 Å². The zero-order valence-electron chi connectivity index (χ0n) is 14.3. The van der Waals surface area contributed by atoms with Crippen molar-refractivity contribution in [1.82, 2.24) is 24.7 Å². The SMILES string of the molecule is Cc1sc2nc(-c3cccs3)nc(Sc3nnc(C(F)(F)F)n3C)c2c1C. The van der Waals surface area contributed by atoms with Gasteiger partial charge in [0.1, 0.15) is 9.86 Å². The highest BCUT2D eigenvalue weighted by atomic mass is 32.2. The molecule has 27 heavy (non-hydrogen) atoms. The minimum Gasteiger partial charge on any atom is -0.301 e. The number of aryl methyl sites for hydroxylation is 2. The van der Waals surface area contributed by atoms with Gasteiger partial charge in [0.2, 0.25) is 5.82 Å². The number of fused-ring (bicyclic) bond motifs is 1. The number of hydrogen-bond acceptors (Lipinski definition) is 7. The molecule has 0 unspecified atom stereocenters. The van der Waals surface area contributed by atoms with Gasteiger partial charge >= 0.3 is 6.18 Å². The van der Waals surface area contributed by atoms with E-state index in [1.807, 2.05) is 31.4 Å². The molecular weight excluding hydrogens is 415 g/mol. The van der Waals surface area contributed by atoms with Crippen molar-refractivity contribution in [2.45, 2.75) is 30.2 Å². The molecule has 0 radical (unpaired) electrons. The second-order valence-electron chi connectivity index (χ2n) is 5.76. The molecule has 0 fully saturated rings. The smallest absolute Gasteiger partial charge is 0.301 e. The van der Waals surface area contributed by atoms with Gasteiger partial charge in [0.25, 0.3) is 0 Å². The van der Waals surface area contributed by atoms with Crippen LogP contribution in [0.15, 0.2) is 27.7 Å². The molecule has 4 aromatic rings. The number of aromatic nitrogens is 5. The van der Waals surface area contributed by atoms with E-state index >= 15 is 0 Å². The first kappa shape index (κ1) is 18.4. The molecule has 4 aromatic heterocycles. The molecule has 0 amide bonds. The molecular formula is C16H12F3N5S3. The number of rotatable bonds is 3. The van der Waals surface area contributed by atoms with Crippen LogP contribution < -0.4 is 0 Å². The summed E-state index contributed by atoms with van der Waals surface area (Å²) in [7, 11) is 1.30. The molecule has 4 rings (SSSR count). The molecule has 0 spiro atoms. The van der Waals surface area contributed by atoms with Gasteiger partial charge in [0, 0.05) is 17.3 Å². The molecule has 0 saturated carbocycles. The van der Waals surface area contributed by atoms with E-state index in [1.165, 1.54) is 18.4 Å². The van der Waals surface area contributed by atoms with Gasteiger partial charge in [0.05, 0.1) is 4.88 Å². The van der Waals surface area contributed by atoms with E-state index in [1.54, 1.807) is 11.3 Å². The predicted molar refractivity (Wildman–Crippen MR) is 100 cm³/mol. The Hall–Kier alpha value is -1.98. The molecule has 11 heteroatoms. The molecule has 0 aliphatic rings. The molecule has 0 aromatic carbocycles. The first-order valence-corrected chi connectivity index (χ1v) is 10.2. The van der Waals surface area contributed by atoms with Crippen molar-refractivity contribution in [3.8, 4) is 10.7 Å². The maximum atomic E-state index is 13.0. The largest absolute Gasteiger partial charge is 0.451 e. The van der Waals surface area contributed by atoms with Gasteiger partial charge in [-0.15, -0.1) is 32.9 Å². The van der Waals surface area contributed by atoms with Crippen LogP contribution in [0.1, 0.15) is 16.3 Å². The fraction of sp³-hybridized carbons (Fsp3) is 0.250. The van der Waals surface area contributed by atoms with E-state index in [2.05, 4.69) is 20.2 Å². The lowest BCUT2D eigenvalue weighted by Crippen LogP contribution is -2.12. The average Bonchev–Trinajstić information content (AvgIpc) is 3.29. The highest BCUT2D eigenvalue weighted by Crippen LogP contribution is 2.40. The lowest BCUT2D eigenvalue weighted by molar-refractivity contribution is -0.147. The van der Waals surface area contributed by atoms with Gasteiger partial charge in [-0.25, -0.2) is 9.97 Å². The quantitative estimate of drug-likeness (QED) is 0.413. The summed E-state index contributed by atoms with van der Waals surface area (Å²) in [4.78, 5) is 12.1. The average molecular weight is 428 g/mol. The number of nitrogens with zero attached hydrogens (tertiary/aromatic N) is 5. The summed E-state index contributed by atoms with van der Waals surface area (Å²) in [5.41, 5.74) is 1.02. The third-order valence-electron chi connectivity index (χ3n) is 4.01. The lowest BCUT2D eigenvalue weighted by atomic mass is 10.2. The van der Waals surface area contributed by atoms with E-state index in [9.17, 15) is 13.2 Å². The molecule has 5 nitrogen and oxygen atoms in total. The highest BCUT2D eigenvalue weighted by molar-refractivity contribution is 7.99. The summed E-state index contributed by atoms with van der Waals surface area (Å²) in [6.45, 7) is 3.95. The minimum atomic E-state index is -4.56. The first-order chi connectivity index (χ1) is 12.8. The third kappa shape index (κ3) is 3.23. The normalized spacial score (nSPS) is 12.2. The summed E-state index contributed by atoms with van der Waals surface area (Å²) in [5, 5.41) is 10.5. The van der Waals surface area contributed by atoms with Crippen molar-refractivity contribution in [2.24, 2.45) is 7.05 Å². The second-order valence-corrected chi connectivity index (χ2v) is 8.86. The maximum absolute atomic E-state index is 13.0. The Labute approximate surface area is 164 Å². The van der Waals surface area contributed by atoms with Crippen molar-refractivity contribution >= 4 is 44.7 Å². The number of halogens is 3. The summed E-state index contributed by atoms with van der Waals surface area (Å²) in [6.07, 6.45) is -4.56. The van der Waals surface area contributed by atoms with Gasteiger partial charge in [-0.05, 0) is 42.6 Å². The van der Waals surface area contributed by atoms with Gasteiger partial charge in [-0.1, -0.05) is 6.07 Å². The first-order valence-electron chi connectivity index (χ1n) is 7.71. The van der Waals surface area contributed by atoms with Crippen molar-refractivity contribution in [2.75, 3.05) is 0 Å². The topological polar surface area (TPSA) is 56.5 Å². The molecule has 140 valence electrons. The Morgan fingerprint density at radius 2 is 1.93 bits per heavy atom. The zero-order chi connectivity index (χ0) is 19.3. The number of hydrogen-bond donors (Lipinski definition) is 0. The summed E-state index contributed by atoms with van der Waals surface area (Å²) >= 11 is 4.12. The molecule has 4 heterocycles. The van der Waals surface area contributed by atoms with E-state index in [0.717, 1.165) is 41.9 Å². The van der Waals surface area contributed by atoms with Gasteiger partial charge < -0.3 is 4.57 Å². The fourth-order valence-corrected chi connectivity index (χ4v) is 5.25. The van der Waals surface area contributed by atoms with E-state index in [-0.39, 0.29) is 5.16 Å². The Morgan fingerprint density at radius 1 is 1.15 bits per heavy atom. The Morgan fingerprint density at radius 3 is 2.56 bits per heavy atom. The standard InChI is InChI=1S/C16H12F3N5S3/c1-7-8(2)26-12-10(7)13(21-11(20-12)9-5-4-6-25-9)27-15-23-22-14(24(15)3)16(17,18)19/h4-6H,1-3H3. The summed E-state index contributed by atoms with van der Waals surface area (Å²) in [6, 6.07) is 3.82. The molecule has 0 aliphatic carbocycles. The minimum absolute atomic E-state index is 0.128. The van der Waals surface area contributed by atoms with Crippen molar-refractivity contribution in [3.05, 3.63) is 33.8 Å². The maximum Gasteiger partial charge on any atom is 0.451 e. The van der Waals surface area contributed by atoms with Crippen molar-refractivity contribution in [3.63, 3.8) is 0 Å². The van der Waals surface area contributed by atoms with Crippen LogP contribution in [0.4, 0.5) is 13.2 Å². The molecule has 0 aliphatic heterocycles. The fourth-order valence-electron chi connectivity index (χ4n) is 2.54. The lowest BCUT2D eigenvalue weighted by Gasteiger charge is -2.08. The summed E-state index contributed by atoms with van der Waals surface area (Å²) < 4.78 is 40.0. The van der Waals surface area contributed by atoms with Gasteiger partial charge in [-0.2, -0.15) is 13.2 Å². The predicted octanol–water partition coefficient (Wildman–Crippen LogP) is 5.34.